The second-order valence-corrected chi connectivity index (χ2v) is 2.77. The normalized spacial score (nSPS) is 10.9. The van der Waals surface area contributed by atoms with Gasteiger partial charge >= 0.3 is 0 Å². The summed E-state index contributed by atoms with van der Waals surface area (Å²) in [4.78, 5) is 0. The van der Waals surface area contributed by atoms with Gasteiger partial charge in [-0.05, 0) is 0 Å². The number of rotatable bonds is 3. The summed E-state index contributed by atoms with van der Waals surface area (Å²) in [6, 6.07) is 0.782. The molecule has 0 saturated heterocycles. The van der Waals surface area contributed by atoms with Crippen LogP contribution in [0.4, 0.5) is 8.78 Å². The molecular formula is C10H11F2NO2. The fourth-order valence-electron chi connectivity index (χ4n) is 1.11. The lowest BCUT2D eigenvalue weighted by Crippen LogP contribution is -1.96. The lowest BCUT2D eigenvalue weighted by molar-refractivity contribution is 0.363. The second kappa shape index (κ2) is 4.75. The summed E-state index contributed by atoms with van der Waals surface area (Å²) < 4.78 is 30.9. The maximum atomic E-state index is 13.2. The van der Waals surface area contributed by atoms with Crippen molar-refractivity contribution in [2.75, 3.05) is 13.7 Å². The number of aromatic hydroxyl groups is 1. The van der Waals surface area contributed by atoms with E-state index < -0.39 is 17.4 Å². The molecule has 0 aliphatic heterocycles. The number of nitrogens with two attached hydrogens (primary N) is 1. The van der Waals surface area contributed by atoms with E-state index in [2.05, 4.69) is 4.74 Å². The monoisotopic (exact) mass is 215 g/mol. The van der Waals surface area contributed by atoms with Gasteiger partial charge in [0.05, 0.1) is 12.7 Å². The number of phenols is 1. The summed E-state index contributed by atoms with van der Waals surface area (Å²) >= 11 is 0. The maximum Gasteiger partial charge on any atom is 0.170 e. The van der Waals surface area contributed by atoms with Gasteiger partial charge in [-0.25, -0.2) is 8.78 Å². The largest absolute Gasteiger partial charge is 0.504 e. The predicted molar refractivity (Wildman–Crippen MR) is 52.7 cm³/mol. The van der Waals surface area contributed by atoms with Crippen LogP contribution >= 0.6 is 0 Å². The van der Waals surface area contributed by atoms with E-state index in [-0.39, 0.29) is 17.9 Å². The molecule has 0 radical (unpaired) electrons. The number of methoxy groups -OCH3 is 1. The zero-order valence-corrected chi connectivity index (χ0v) is 8.13. The molecule has 1 aromatic rings. The number of hydrogen-bond acceptors (Lipinski definition) is 3. The number of benzene rings is 1. The van der Waals surface area contributed by atoms with Crippen molar-refractivity contribution in [1.82, 2.24) is 0 Å². The molecule has 0 amide bonds. The van der Waals surface area contributed by atoms with Gasteiger partial charge < -0.3 is 15.6 Å². The minimum Gasteiger partial charge on any atom is -0.504 e. The Morgan fingerprint density at radius 1 is 1.53 bits per heavy atom. The molecule has 0 aliphatic carbocycles. The molecule has 0 atom stereocenters. The summed E-state index contributed by atoms with van der Waals surface area (Å²) in [7, 11) is 1.25. The number of phenolic OH excluding ortho intramolecular Hbond substituents is 1. The Morgan fingerprint density at radius 3 is 2.73 bits per heavy atom. The molecule has 15 heavy (non-hydrogen) atoms. The molecule has 82 valence electrons. The molecule has 0 spiro atoms. The van der Waals surface area contributed by atoms with Crippen LogP contribution in [0.15, 0.2) is 12.1 Å². The van der Waals surface area contributed by atoms with Crippen molar-refractivity contribution < 1.29 is 18.6 Å². The highest BCUT2D eigenvalue weighted by Gasteiger charge is 2.16. The van der Waals surface area contributed by atoms with Crippen molar-refractivity contribution in [3.8, 4) is 11.5 Å². The molecule has 0 heterocycles. The van der Waals surface area contributed by atoms with E-state index in [9.17, 15) is 13.9 Å². The predicted octanol–water partition coefficient (Wildman–Crippen LogP) is 1.65. The molecule has 1 aromatic carbocycles. The van der Waals surface area contributed by atoms with Crippen LogP contribution in [0.5, 0.6) is 11.5 Å². The molecule has 3 N–H and O–H groups in total. The summed E-state index contributed by atoms with van der Waals surface area (Å²) in [5, 5.41) is 9.50. The Bertz CT molecular complexity index is 391. The fourth-order valence-corrected chi connectivity index (χ4v) is 1.11. The SMILES string of the molecule is COc1cc(F)c(F)c(/C=C/CN)c1O. The number of hydrogen-bond donors (Lipinski definition) is 2. The molecule has 1 rings (SSSR count). The highest BCUT2D eigenvalue weighted by Crippen LogP contribution is 2.34. The Morgan fingerprint density at radius 2 is 2.20 bits per heavy atom. The molecule has 0 unspecified atom stereocenters. The lowest BCUT2D eigenvalue weighted by Gasteiger charge is -2.07. The Kier molecular flexibility index (Phi) is 3.62. The van der Waals surface area contributed by atoms with E-state index >= 15 is 0 Å². The highest BCUT2D eigenvalue weighted by molar-refractivity contribution is 5.62. The second-order valence-electron chi connectivity index (χ2n) is 2.77. The molecule has 0 bridgehead atoms. The zero-order chi connectivity index (χ0) is 11.4. The summed E-state index contributed by atoms with van der Waals surface area (Å²) in [5.41, 5.74) is 4.90. The third-order valence-corrected chi connectivity index (χ3v) is 1.83. The minimum absolute atomic E-state index is 0.120. The average molecular weight is 215 g/mol. The van der Waals surface area contributed by atoms with Crippen LogP contribution in [0.25, 0.3) is 6.08 Å². The van der Waals surface area contributed by atoms with Crippen LogP contribution in [0.1, 0.15) is 5.56 Å². The molecule has 0 aromatic heterocycles. The van der Waals surface area contributed by atoms with Crippen LogP contribution < -0.4 is 10.5 Å². The number of ether oxygens (including phenoxy) is 1. The molecule has 0 aliphatic rings. The van der Waals surface area contributed by atoms with Crippen LogP contribution in [-0.4, -0.2) is 18.8 Å². The quantitative estimate of drug-likeness (QED) is 0.806. The van der Waals surface area contributed by atoms with Gasteiger partial charge in [0, 0.05) is 12.6 Å². The van der Waals surface area contributed by atoms with E-state index in [1.807, 2.05) is 0 Å². The first kappa shape index (κ1) is 11.5. The minimum atomic E-state index is -1.13. The smallest absolute Gasteiger partial charge is 0.170 e. The van der Waals surface area contributed by atoms with E-state index in [1.165, 1.54) is 19.3 Å². The van der Waals surface area contributed by atoms with Gasteiger partial charge in [0.1, 0.15) is 0 Å². The van der Waals surface area contributed by atoms with Crippen molar-refractivity contribution in [2.45, 2.75) is 0 Å². The fraction of sp³-hybridized carbons (Fsp3) is 0.200. The van der Waals surface area contributed by atoms with Gasteiger partial charge in [-0.2, -0.15) is 0 Å². The summed E-state index contributed by atoms with van der Waals surface area (Å²) in [6.07, 6.45) is 2.60. The Balaban J connectivity index is 3.33. The molecule has 0 fully saturated rings. The van der Waals surface area contributed by atoms with Gasteiger partial charge in [-0.1, -0.05) is 12.2 Å². The van der Waals surface area contributed by atoms with Gasteiger partial charge in [0.2, 0.25) is 0 Å². The number of halogens is 2. The van der Waals surface area contributed by atoms with Gasteiger partial charge in [0.25, 0.3) is 0 Å². The van der Waals surface area contributed by atoms with Gasteiger partial charge in [-0.3, -0.25) is 0 Å². The van der Waals surface area contributed by atoms with Crippen LogP contribution in [-0.2, 0) is 0 Å². The van der Waals surface area contributed by atoms with E-state index in [4.69, 9.17) is 5.73 Å². The third-order valence-electron chi connectivity index (χ3n) is 1.83. The van der Waals surface area contributed by atoms with Crippen LogP contribution in [0.2, 0.25) is 0 Å². The van der Waals surface area contributed by atoms with E-state index in [0.717, 1.165) is 6.07 Å². The van der Waals surface area contributed by atoms with Crippen molar-refractivity contribution >= 4 is 6.08 Å². The summed E-state index contributed by atoms with van der Waals surface area (Å²) in [5.74, 6) is -2.77. The van der Waals surface area contributed by atoms with Gasteiger partial charge in [-0.15, -0.1) is 0 Å². The molecule has 0 saturated carbocycles. The van der Waals surface area contributed by atoms with Crippen molar-refractivity contribution in [2.24, 2.45) is 5.73 Å². The summed E-state index contributed by atoms with van der Waals surface area (Å²) in [6.45, 7) is 0.164. The zero-order valence-electron chi connectivity index (χ0n) is 8.13. The topological polar surface area (TPSA) is 55.5 Å². The lowest BCUT2D eigenvalue weighted by atomic mass is 10.1. The first-order valence-corrected chi connectivity index (χ1v) is 4.23. The standard InChI is InChI=1S/C10H11F2NO2/c1-15-8-5-7(11)9(12)6(10(8)14)3-2-4-13/h2-3,5,14H,4,13H2,1H3/b3-2+. The van der Waals surface area contributed by atoms with Crippen LogP contribution in [0, 0.1) is 11.6 Å². The Labute approximate surface area is 85.8 Å². The third kappa shape index (κ3) is 2.24. The first-order chi connectivity index (χ1) is 7.11. The maximum absolute atomic E-state index is 13.2. The van der Waals surface area contributed by atoms with Crippen molar-refractivity contribution in [3.63, 3.8) is 0 Å². The van der Waals surface area contributed by atoms with Crippen molar-refractivity contribution in [1.29, 1.82) is 0 Å². The average Bonchev–Trinajstić information content (AvgIpc) is 2.23. The Hall–Kier alpha value is -1.62. The molecule has 5 heteroatoms. The van der Waals surface area contributed by atoms with Crippen molar-refractivity contribution in [3.05, 3.63) is 29.3 Å². The van der Waals surface area contributed by atoms with Gasteiger partial charge in [0.15, 0.2) is 23.1 Å². The molecular weight excluding hydrogens is 204 g/mol. The first-order valence-electron chi connectivity index (χ1n) is 4.23. The highest BCUT2D eigenvalue weighted by atomic mass is 19.2. The van der Waals surface area contributed by atoms with E-state index in [1.54, 1.807) is 0 Å². The van der Waals surface area contributed by atoms with Crippen LogP contribution in [0.3, 0.4) is 0 Å². The molecule has 3 nitrogen and oxygen atoms in total. The van der Waals surface area contributed by atoms with E-state index in [0.29, 0.717) is 0 Å².